The van der Waals surface area contributed by atoms with Gasteiger partial charge in [0.25, 0.3) is 0 Å². The zero-order valence-corrected chi connectivity index (χ0v) is 65.3. The number of fused-ring (bicyclic) bond motifs is 5. The van der Waals surface area contributed by atoms with Crippen LogP contribution in [0.4, 0.5) is 0 Å². The quantitative estimate of drug-likeness (QED) is 0.0128. The van der Waals surface area contributed by atoms with Gasteiger partial charge in [-0.05, 0) is 145 Å². The molecule has 11 atom stereocenters. The Morgan fingerprint density at radius 1 is 0.632 bits per heavy atom. The number of amidine groups is 1. The number of carbonyl (C=O) groups excluding carboxylic acids is 13. The standard InChI is InChI=1S/C81H110N16O17/c1-45(2)30-32-58(90-69(101)34-35-71(104)114-44-56-54-22-10-8-20-52(54)53-21-9-11-23-55(53)56)67(100)40-49-19-7-13-25-59(72(84)105)91-76(109)60(26-14-15-29-68(82)83)92-74(107)50(39-51-38-48-18-6-12-24-57(48)89-51)41-66(99)47(5)88-75(108)62(33-31-46(3)4)93-77(110)61(27-16-36-87-81(85)86)94-79(112)65-28-17-37-97(65)80(113)63(42-70(102)103)95-78(111)64(43-98)96-73(49)106/h6,8-12,18,20-24,30-31,38,47,49-50,56,58-65,89,98H,7,13-17,19,25-29,32-37,39-44H2,1-5H3,(H3,82,83)(H2,84,105)(H,88,108)(H,90,101)(H,91,109)(H,92,107)(H,93,110)(H,94,112)(H,95,111)(H,96,106)(H,102,103)(H4,85,86,87)/t47-,49+,50+,58-,59-,60-,61-,62-,63-,64-,65?/m0/s1. The van der Waals surface area contributed by atoms with E-state index in [9.17, 15) is 77.3 Å². The molecule has 2 aliphatic heterocycles. The van der Waals surface area contributed by atoms with Crippen LogP contribution in [0.25, 0.3) is 22.0 Å². The third-order valence-electron chi connectivity index (χ3n) is 20.4. The van der Waals surface area contributed by atoms with E-state index in [-0.39, 0.29) is 128 Å². The van der Waals surface area contributed by atoms with E-state index in [0.29, 0.717) is 17.6 Å². The summed E-state index contributed by atoms with van der Waals surface area (Å²) in [6.45, 7) is 7.09. The number of aromatic amines is 1. The average molecular weight is 1580 g/mol. The summed E-state index contributed by atoms with van der Waals surface area (Å²) >= 11 is 0. The highest BCUT2D eigenvalue weighted by atomic mass is 16.5. The third kappa shape index (κ3) is 27.3. The molecule has 20 N–H and O–H groups in total. The smallest absolute Gasteiger partial charge is 0.306 e. The molecule has 3 heterocycles. The van der Waals surface area contributed by atoms with Gasteiger partial charge in [0.2, 0.25) is 59.1 Å². The second-order valence-electron chi connectivity index (χ2n) is 29.9. The monoisotopic (exact) mass is 1580 g/mol. The molecule has 2 saturated heterocycles. The Labute approximate surface area is 661 Å². The number of unbranched alkanes of at least 4 members (excludes halogenated alkanes) is 1. The van der Waals surface area contributed by atoms with Crippen LogP contribution in [0.3, 0.4) is 0 Å². The molecule has 616 valence electrons. The summed E-state index contributed by atoms with van der Waals surface area (Å²) in [6.07, 6.45) is 0.196. The van der Waals surface area contributed by atoms with Gasteiger partial charge in [0.1, 0.15) is 48.9 Å². The van der Waals surface area contributed by atoms with Crippen molar-refractivity contribution >= 4 is 105 Å². The number of aliphatic hydroxyl groups is 1. The number of aromatic nitrogens is 1. The molecule has 33 heteroatoms. The van der Waals surface area contributed by atoms with Gasteiger partial charge in [-0.3, -0.25) is 77.9 Å². The van der Waals surface area contributed by atoms with Gasteiger partial charge in [-0.2, -0.15) is 0 Å². The number of Topliss-reactive ketones (excluding diaryl/α,β-unsaturated/α-hetero) is 2. The number of nitrogens with two attached hydrogens (primary N) is 3. The average Bonchev–Trinajstić information content (AvgIpc) is 1.61. The van der Waals surface area contributed by atoms with Gasteiger partial charge in [0.05, 0.1) is 43.3 Å². The summed E-state index contributed by atoms with van der Waals surface area (Å²) in [7, 11) is 0. The van der Waals surface area contributed by atoms with Crippen LogP contribution in [0.2, 0.25) is 0 Å². The van der Waals surface area contributed by atoms with Gasteiger partial charge < -0.3 is 89.9 Å². The number of guanidine groups is 1. The zero-order chi connectivity index (χ0) is 83.3. The number of ether oxygens (including phenoxy) is 1. The molecular weight excluding hydrogens is 1470 g/mol. The minimum absolute atomic E-state index is 0.00155. The second kappa shape index (κ2) is 44.0. The van der Waals surface area contributed by atoms with Gasteiger partial charge >= 0.3 is 11.9 Å². The fourth-order valence-electron chi connectivity index (χ4n) is 14.2. The topological polar surface area (TPSA) is 542 Å². The number of rotatable bonds is 28. The number of nitrogens with zero attached hydrogens (tertiary/aromatic N) is 1. The number of esters is 1. The molecule has 3 aromatic carbocycles. The molecule has 1 unspecified atom stereocenters. The number of aliphatic hydroxyl groups excluding tert-OH is 1. The number of primary amides is 1. The molecular formula is C81H110N16O17. The molecule has 2 fully saturated rings. The van der Waals surface area contributed by atoms with E-state index < -0.39 is 187 Å². The highest BCUT2D eigenvalue weighted by Gasteiger charge is 2.42. The van der Waals surface area contributed by atoms with Crippen molar-refractivity contribution in [3.8, 4) is 11.1 Å². The fraction of sp³-hybridized carbons (Fsp3) is 0.506. The molecule has 114 heavy (non-hydrogen) atoms. The number of amides is 10. The SMILES string of the molecule is CC(C)=CC[C@H](NC(=O)CCC(=O)OCC1c2ccccc2-c2ccccc21)C(=O)C[C@H]1CCCC[C@@H](C(N)=O)NC(=O)[C@H](CCCCC(=N)N)NC(=O)[C@H](Cc2cc3ccccc3[nH]2)CC(=O)[C@H](C)NC(=O)[C@H](CC=C(C)C)NC(=O)[C@H](CCCNC(=N)N)NC(=O)C2CCCN2C(=O)[C@H](CC(=O)O)NC(=O)[C@H](CO)NC1=O. The van der Waals surface area contributed by atoms with Gasteiger partial charge in [0.15, 0.2) is 17.5 Å². The van der Waals surface area contributed by atoms with E-state index in [1.807, 2.05) is 66.7 Å². The summed E-state index contributed by atoms with van der Waals surface area (Å²) < 4.78 is 5.74. The van der Waals surface area contributed by atoms with Crippen LogP contribution in [0.1, 0.15) is 179 Å². The molecule has 0 saturated carbocycles. The van der Waals surface area contributed by atoms with Crippen molar-refractivity contribution in [3.05, 3.63) is 119 Å². The van der Waals surface area contributed by atoms with Crippen LogP contribution in [0, 0.1) is 22.7 Å². The number of nitrogens with one attached hydrogen (secondary N) is 12. The van der Waals surface area contributed by atoms with Gasteiger partial charge in [-0.1, -0.05) is 109 Å². The van der Waals surface area contributed by atoms with Crippen molar-refractivity contribution < 1.29 is 82.1 Å². The molecule has 10 amide bonds. The second-order valence-corrected chi connectivity index (χ2v) is 29.9. The molecule has 1 aromatic heterocycles. The first-order valence-electron chi connectivity index (χ1n) is 38.8. The Kier molecular flexibility index (Phi) is 34.6. The number of para-hydroxylation sites is 1. The van der Waals surface area contributed by atoms with Gasteiger partial charge in [-0.15, -0.1) is 0 Å². The highest BCUT2D eigenvalue weighted by molar-refractivity contribution is 6.00. The van der Waals surface area contributed by atoms with Crippen molar-refractivity contribution in [2.75, 3.05) is 26.3 Å². The van der Waals surface area contributed by atoms with Crippen molar-refractivity contribution in [1.29, 1.82) is 10.8 Å². The van der Waals surface area contributed by atoms with Crippen LogP contribution in [0.5, 0.6) is 0 Å². The van der Waals surface area contributed by atoms with Crippen LogP contribution in [-0.4, -0.2) is 195 Å². The summed E-state index contributed by atoms with van der Waals surface area (Å²) in [6, 6.07) is 10.9. The number of aliphatic carboxylic acids is 1. The Bertz CT molecular complexity index is 4160. The first kappa shape index (κ1) is 89.6. The summed E-state index contributed by atoms with van der Waals surface area (Å²) in [5.41, 5.74) is 23.9. The maximum atomic E-state index is 14.9. The molecule has 0 bridgehead atoms. The lowest BCUT2D eigenvalue weighted by Gasteiger charge is -2.30. The highest BCUT2D eigenvalue weighted by Crippen LogP contribution is 2.44. The number of H-pyrrole nitrogens is 1. The summed E-state index contributed by atoms with van der Waals surface area (Å²) in [5, 5.41) is 60.8. The number of benzene rings is 3. The molecule has 33 nitrogen and oxygen atoms in total. The van der Waals surface area contributed by atoms with Crippen LogP contribution < -0.4 is 65.1 Å². The molecule has 7 rings (SSSR count). The van der Waals surface area contributed by atoms with Crippen LogP contribution >= 0.6 is 0 Å². The molecule has 4 aromatic rings. The Morgan fingerprint density at radius 2 is 1.22 bits per heavy atom. The Balaban J connectivity index is 1.21. The first-order chi connectivity index (χ1) is 54.3. The van der Waals surface area contributed by atoms with Crippen molar-refractivity contribution in [1.82, 2.24) is 57.7 Å². The zero-order valence-electron chi connectivity index (χ0n) is 65.3. The van der Waals surface area contributed by atoms with Crippen molar-refractivity contribution in [3.63, 3.8) is 0 Å². The maximum absolute atomic E-state index is 14.9. The lowest BCUT2D eigenvalue weighted by Crippen LogP contribution is -2.59. The van der Waals surface area contributed by atoms with Crippen molar-refractivity contribution in [2.24, 2.45) is 29.0 Å². The van der Waals surface area contributed by atoms with E-state index in [2.05, 4.69) is 52.8 Å². The number of carboxylic acids is 1. The normalized spacial score (nSPS) is 22.3. The number of hydrogen-bond acceptors (Lipinski definition) is 18. The third-order valence-corrected chi connectivity index (χ3v) is 20.4. The number of hydrogen-bond donors (Lipinski definition) is 17. The van der Waals surface area contributed by atoms with Crippen molar-refractivity contribution in [2.45, 2.75) is 223 Å². The minimum atomic E-state index is -1.95. The largest absolute Gasteiger partial charge is 0.481 e. The number of ketones is 2. The maximum Gasteiger partial charge on any atom is 0.306 e. The van der Waals surface area contributed by atoms with E-state index in [1.165, 1.54) is 6.92 Å². The number of carbonyl (C=O) groups is 14. The molecule has 0 spiro atoms. The number of allylic oxidation sites excluding steroid dienone is 2. The van der Waals surface area contributed by atoms with E-state index in [1.54, 1.807) is 52.0 Å². The van der Waals surface area contributed by atoms with E-state index >= 15 is 0 Å². The lowest BCUT2D eigenvalue weighted by molar-refractivity contribution is -0.146. The molecule has 3 aliphatic rings. The fourth-order valence-corrected chi connectivity index (χ4v) is 14.2. The summed E-state index contributed by atoms with van der Waals surface area (Å²) in [5.74, 6) is -16.5. The summed E-state index contributed by atoms with van der Waals surface area (Å²) in [4.78, 5) is 204. The van der Waals surface area contributed by atoms with E-state index in [0.717, 1.165) is 43.7 Å². The lowest BCUT2D eigenvalue weighted by atomic mass is 9.90. The van der Waals surface area contributed by atoms with Gasteiger partial charge in [-0.25, -0.2) is 0 Å². The van der Waals surface area contributed by atoms with Crippen LogP contribution in [0.15, 0.2) is 102 Å². The molecule has 0 radical (unpaired) electrons. The number of carboxylic acid groups (broad SMARTS) is 1. The minimum Gasteiger partial charge on any atom is -0.481 e. The first-order valence-corrected chi connectivity index (χ1v) is 38.8. The van der Waals surface area contributed by atoms with Gasteiger partial charge in [0, 0.05) is 61.8 Å². The Morgan fingerprint density at radius 3 is 1.86 bits per heavy atom. The predicted octanol–water partition coefficient (Wildman–Crippen LogP) is 2.88. The van der Waals surface area contributed by atoms with Crippen LogP contribution in [-0.2, 0) is 78.3 Å². The van der Waals surface area contributed by atoms with E-state index in [4.69, 9.17) is 32.8 Å². The molecule has 1 aliphatic carbocycles. The predicted molar refractivity (Wildman–Crippen MR) is 423 cm³/mol. The Hall–Kier alpha value is -11.6.